The summed E-state index contributed by atoms with van der Waals surface area (Å²) in [5.41, 5.74) is 1.82. The lowest BCUT2D eigenvalue weighted by atomic mass is 9.49. The maximum absolute atomic E-state index is 12.1. The van der Waals surface area contributed by atoms with E-state index in [1.165, 1.54) is 56.9 Å². The van der Waals surface area contributed by atoms with Gasteiger partial charge in [0, 0.05) is 6.42 Å². The van der Waals surface area contributed by atoms with Gasteiger partial charge in [0.2, 0.25) is 0 Å². The molecular weight excluding hydrogens is 448 g/mol. The molecule has 0 radical (unpaired) electrons. The van der Waals surface area contributed by atoms with Crippen LogP contribution in [0.5, 0.6) is 0 Å². The van der Waals surface area contributed by atoms with E-state index in [-0.39, 0.29) is 24.4 Å². The molecule has 0 aromatic carbocycles. The average molecular weight is 503 g/mol. The number of fused-ring (bicyclic) bond motifs is 1. The van der Waals surface area contributed by atoms with E-state index in [4.69, 9.17) is 9.84 Å². The zero-order valence-electron chi connectivity index (χ0n) is 24.1. The number of carbonyl (C=O) groups excluding carboxylic acids is 1. The predicted octanol–water partition coefficient (Wildman–Crippen LogP) is 8.44. The Balaban J connectivity index is 1.64. The number of ether oxygens (including phenoxy) is 1. The van der Waals surface area contributed by atoms with E-state index in [9.17, 15) is 9.59 Å². The van der Waals surface area contributed by atoms with Crippen molar-refractivity contribution >= 4 is 11.9 Å². The summed E-state index contributed by atoms with van der Waals surface area (Å²) in [7, 11) is 0. The van der Waals surface area contributed by atoms with Gasteiger partial charge in [-0.25, -0.2) is 0 Å². The van der Waals surface area contributed by atoms with Gasteiger partial charge >= 0.3 is 11.9 Å². The lowest BCUT2D eigenvalue weighted by Crippen LogP contribution is -2.49. The normalized spacial score (nSPS) is 37.5. The molecule has 0 bridgehead atoms. The smallest absolute Gasteiger partial charge is 0.306 e. The molecular formula is C32H54O4. The first-order chi connectivity index (χ1) is 16.9. The van der Waals surface area contributed by atoms with Gasteiger partial charge in [0.15, 0.2) is 0 Å². The van der Waals surface area contributed by atoms with E-state index < -0.39 is 11.9 Å². The van der Waals surface area contributed by atoms with Crippen molar-refractivity contribution in [2.24, 2.45) is 46.3 Å². The second-order valence-electron chi connectivity index (χ2n) is 13.6. The number of hydrogen-bond acceptors (Lipinski definition) is 3. The van der Waals surface area contributed by atoms with Crippen LogP contribution in [0.4, 0.5) is 0 Å². The van der Waals surface area contributed by atoms with E-state index in [1.807, 2.05) is 0 Å². The molecule has 8 atom stereocenters. The molecule has 0 aromatic rings. The summed E-state index contributed by atoms with van der Waals surface area (Å²) in [5, 5.41) is 8.84. The SMILES string of the molecule is C=C1C[C@@H](OC(=O)CCC(=O)O)CC[C@]1(C)[C@H]1CC[C@]2(C)[C@@H]([C@H](C)CCCC(C)C)CC[C@H]2[C@@H]1CC. The second-order valence-corrected chi connectivity index (χ2v) is 13.6. The summed E-state index contributed by atoms with van der Waals surface area (Å²) in [6.45, 7) is 19.3. The van der Waals surface area contributed by atoms with Gasteiger partial charge in [0.25, 0.3) is 0 Å². The number of carboxylic acids is 1. The van der Waals surface area contributed by atoms with E-state index in [2.05, 4.69) is 48.1 Å². The molecule has 3 fully saturated rings. The minimum Gasteiger partial charge on any atom is -0.481 e. The maximum atomic E-state index is 12.1. The van der Waals surface area contributed by atoms with Crippen LogP contribution in [0.25, 0.3) is 0 Å². The van der Waals surface area contributed by atoms with Gasteiger partial charge in [0.1, 0.15) is 6.10 Å². The fourth-order valence-electron chi connectivity index (χ4n) is 8.92. The number of carbonyl (C=O) groups is 2. The number of esters is 1. The Morgan fingerprint density at radius 3 is 2.36 bits per heavy atom. The summed E-state index contributed by atoms with van der Waals surface area (Å²) < 4.78 is 5.66. The Bertz CT molecular complexity index is 787. The minimum atomic E-state index is -0.957. The predicted molar refractivity (Wildman–Crippen MR) is 147 cm³/mol. The molecule has 0 aliphatic heterocycles. The average Bonchev–Trinajstić information content (AvgIpc) is 3.16. The van der Waals surface area contributed by atoms with Crippen molar-refractivity contribution in [3.63, 3.8) is 0 Å². The van der Waals surface area contributed by atoms with Gasteiger partial charge in [-0.3, -0.25) is 9.59 Å². The van der Waals surface area contributed by atoms with Gasteiger partial charge in [-0.1, -0.05) is 79.4 Å². The highest BCUT2D eigenvalue weighted by Crippen LogP contribution is 2.65. The molecule has 0 unspecified atom stereocenters. The van der Waals surface area contributed by atoms with Gasteiger partial charge in [-0.05, 0) is 84.9 Å². The standard InChI is InChI=1S/C32H54O4/c1-8-25-27-13-12-26(22(4)11-9-10-21(2)3)32(27,7)19-17-28(25)31(6)18-16-24(20-23(31)5)36-30(35)15-14-29(33)34/h21-22,24-28H,5,8-20H2,1-4,6-7H3,(H,33,34)/t22-,24+,25+,26-,27+,28+,31+,32-/m1/s1. The van der Waals surface area contributed by atoms with Crippen molar-refractivity contribution in [1.29, 1.82) is 0 Å². The third kappa shape index (κ3) is 6.21. The van der Waals surface area contributed by atoms with Crippen LogP contribution in [0.3, 0.4) is 0 Å². The van der Waals surface area contributed by atoms with E-state index in [0.29, 0.717) is 11.3 Å². The molecule has 0 spiro atoms. The minimum absolute atomic E-state index is 0.0482. The molecule has 0 aromatic heterocycles. The van der Waals surface area contributed by atoms with Crippen molar-refractivity contribution in [2.75, 3.05) is 0 Å². The molecule has 0 heterocycles. The fraction of sp³-hybridized carbons (Fsp3) is 0.875. The Morgan fingerprint density at radius 1 is 1.03 bits per heavy atom. The lowest BCUT2D eigenvalue weighted by Gasteiger charge is -2.56. The highest BCUT2D eigenvalue weighted by atomic mass is 16.5. The van der Waals surface area contributed by atoms with E-state index in [1.54, 1.807) is 0 Å². The molecule has 1 N–H and O–H groups in total. The van der Waals surface area contributed by atoms with Crippen molar-refractivity contribution in [1.82, 2.24) is 0 Å². The molecule has 3 aliphatic rings. The Labute approximate surface area is 221 Å². The zero-order valence-corrected chi connectivity index (χ0v) is 24.1. The topological polar surface area (TPSA) is 63.6 Å². The van der Waals surface area contributed by atoms with Crippen molar-refractivity contribution < 1.29 is 19.4 Å². The lowest BCUT2D eigenvalue weighted by molar-refractivity contribution is -0.153. The molecule has 0 saturated heterocycles. The summed E-state index contributed by atoms with van der Waals surface area (Å²) in [5.74, 6) is 3.36. The van der Waals surface area contributed by atoms with E-state index >= 15 is 0 Å². The Morgan fingerprint density at radius 2 is 1.75 bits per heavy atom. The fourth-order valence-corrected chi connectivity index (χ4v) is 8.92. The van der Waals surface area contributed by atoms with Crippen LogP contribution in [-0.4, -0.2) is 23.1 Å². The highest BCUT2D eigenvalue weighted by molar-refractivity contribution is 5.76. The third-order valence-electron chi connectivity index (χ3n) is 11.0. The largest absolute Gasteiger partial charge is 0.481 e. The quantitative estimate of drug-likeness (QED) is 0.227. The zero-order chi connectivity index (χ0) is 26.7. The van der Waals surface area contributed by atoms with Gasteiger partial charge in [-0.15, -0.1) is 0 Å². The molecule has 3 aliphatic carbocycles. The number of rotatable bonds is 11. The molecule has 3 rings (SSSR count). The van der Waals surface area contributed by atoms with Crippen LogP contribution in [0.15, 0.2) is 12.2 Å². The van der Waals surface area contributed by atoms with Crippen LogP contribution in [0.1, 0.15) is 125 Å². The van der Waals surface area contributed by atoms with Gasteiger partial charge in [-0.2, -0.15) is 0 Å². The summed E-state index contributed by atoms with van der Waals surface area (Å²) in [6, 6.07) is 0. The molecule has 206 valence electrons. The van der Waals surface area contributed by atoms with Crippen LogP contribution in [0.2, 0.25) is 0 Å². The number of aliphatic carboxylic acids is 1. The number of carboxylic acid groups (broad SMARTS) is 1. The van der Waals surface area contributed by atoms with Crippen LogP contribution in [0, 0.1) is 46.3 Å². The first-order valence-electron chi connectivity index (χ1n) is 15.0. The van der Waals surface area contributed by atoms with Crippen LogP contribution in [-0.2, 0) is 14.3 Å². The highest BCUT2D eigenvalue weighted by Gasteiger charge is 2.57. The second kappa shape index (κ2) is 12.0. The molecule has 3 saturated carbocycles. The van der Waals surface area contributed by atoms with E-state index in [0.717, 1.165) is 48.9 Å². The monoisotopic (exact) mass is 502 g/mol. The molecule has 4 heteroatoms. The van der Waals surface area contributed by atoms with Crippen molar-refractivity contribution in [3.05, 3.63) is 12.2 Å². The maximum Gasteiger partial charge on any atom is 0.306 e. The summed E-state index contributed by atoms with van der Waals surface area (Å²) in [6.07, 6.45) is 13.0. The first-order valence-corrected chi connectivity index (χ1v) is 15.0. The van der Waals surface area contributed by atoms with Gasteiger partial charge < -0.3 is 9.84 Å². The van der Waals surface area contributed by atoms with Crippen LogP contribution >= 0.6 is 0 Å². The molecule has 4 nitrogen and oxygen atoms in total. The van der Waals surface area contributed by atoms with Crippen molar-refractivity contribution in [3.8, 4) is 0 Å². The third-order valence-corrected chi connectivity index (χ3v) is 11.0. The van der Waals surface area contributed by atoms with Crippen molar-refractivity contribution in [2.45, 2.75) is 131 Å². The van der Waals surface area contributed by atoms with Gasteiger partial charge in [0.05, 0.1) is 12.8 Å². The molecule has 36 heavy (non-hydrogen) atoms. The Kier molecular flexibility index (Phi) is 9.77. The first kappa shape index (κ1) is 29.2. The molecule has 0 amide bonds. The summed E-state index contributed by atoms with van der Waals surface area (Å²) in [4.78, 5) is 22.9. The number of hydrogen-bond donors (Lipinski definition) is 1. The Hall–Kier alpha value is -1.32. The van der Waals surface area contributed by atoms with Crippen LogP contribution < -0.4 is 0 Å². The summed E-state index contributed by atoms with van der Waals surface area (Å²) >= 11 is 0.